The molecule has 0 fully saturated rings. The highest BCUT2D eigenvalue weighted by Gasteiger charge is 2.25. The highest BCUT2D eigenvalue weighted by atomic mass is 32.1. The Bertz CT molecular complexity index is 1480. The van der Waals surface area contributed by atoms with Crippen LogP contribution in [0.25, 0.3) is 22.0 Å². The molecule has 1 unspecified atom stereocenters. The maximum atomic E-state index is 13.4. The Balaban J connectivity index is 1.73. The van der Waals surface area contributed by atoms with Gasteiger partial charge in [0.25, 0.3) is 5.56 Å². The number of methoxy groups -OCH3 is 1. The van der Waals surface area contributed by atoms with Crippen molar-refractivity contribution in [3.8, 4) is 22.9 Å². The van der Waals surface area contributed by atoms with Crippen LogP contribution >= 0.6 is 11.3 Å². The van der Waals surface area contributed by atoms with Crippen molar-refractivity contribution in [3.05, 3.63) is 81.0 Å². The van der Waals surface area contributed by atoms with Crippen LogP contribution in [0.5, 0.6) is 5.75 Å². The van der Waals surface area contributed by atoms with Gasteiger partial charge < -0.3 is 10.1 Å². The summed E-state index contributed by atoms with van der Waals surface area (Å²) in [6.45, 7) is 5.72. The SMILES string of the molecule is CCC(C(=O)Nc1scc(-c2ccc(OC)cc2)c1C#N)n1c(=O)cc(C)c2cccc(C)c21. The van der Waals surface area contributed by atoms with E-state index < -0.39 is 6.04 Å². The van der Waals surface area contributed by atoms with Crippen molar-refractivity contribution in [1.29, 1.82) is 5.26 Å². The fourth-order valence-corrected chi connectivity index (χ4v) is 5.20. The second-order valence-corrected chi connectivity index (χ2v) is 8.99. The zero-order valence-electron chi connectivity index (χ0n) is 19.5. The molecule has 0 aliphatic heterocycles. The van der Waals surface area contributed by atoms with Gasteiger partial charge in [-0.2, -0.15) is 5.26 Å². The number of fused-ring (bicyclic) bond motifs is 1. The molecule has 0 radical (unpaired) electrons. The van der Waals surface area contributed by atoms with Crippen molar-refractivity contribution in [2.24, 2.45) is 0 Å². The zero-order chi connectivity index (χ0) is 24.4. The second-order valence-electron chi connectivity index (χ2n) is 8.11. The number of carbonyl (C=O) groups is 1. The highest BCUT2D eigenvalue weighted by molar-refractivity contribution is 7.15. The smallest absolute Gasteiger partial charge is 0.252 e. The van der Waals surface area contributed by atoms with E-state index in [0.29, 0.717) is 17.0 Å². The molecule has 4 aromatic rings. The number of nitriles is 1. The van der Waals surface area contributed by atoms with Gasteiger partial charge in [-0.3, -0.25) is 14.2 Å². The molecule has 0 aliphatic rings. The normalized spacial score (nSPS) is 11.7. The van der Waals surface area contributed by atoms with Gasteiger partial charge in [-0.05, 0) is 49.1 Å². The number of hydrogen-bond acceptors (Lipinski definition) is 5. The standard InChI is InChI=1S/C27H25N3O3S/c1-5-23(30-24(31)13-17(3)20-8-6-7-16(2)25(20)30)26(32)29-27-21(14-28)22(15-34-27)18-9-11-19(33-4)12-10-18/h6-13,15,23H,5H2,1-4H3,(H,29,32). The number of anilines is 1. The lowest BCUT2D eigenvalue weighted by Crippen LogP contribution is -2.33. The topological polar surface area (TPSA) is 84.1 Å². The van der Waals surface area contributed by atoms with Gasteiger partial charge in [0.2, 0.25) is 5.91 Å². The first-order valence-electron chi connectivity index (χ1n) is 11.0. The number of nitrogens with zero attached hydrogens (tertiary/aromatic N) is 2. The fraction of sp³-hybridized carbons (Fsp3) is 0.222. The Labute approximate surface area is 202 Å². The van der Waals surface area contributed by atoms with E-state index in [-0.39, 0.29) is 11.5 Å². The van der Waals surface area contributed by atoms with E-state index in [2.05, 4.69) is 11.4 Å². The average Bonchev–Trinajstić information content (AvgIpc) is 3.24. The molecule has 1 atom stereocenters. The number of pyridine rings is 1. The van der Waals surface area contributed by atoms with E-state index in [1.807, 2.05) is 68.6 Å². The molecule has 172 valence electrons. The molecule has 6 nitrogen and oxygen atoms in total. The quantitative estimate of drug-likeness (QED) is 0.384. The Morgan fingerprint density at radius 2 is 1.91 bits per heavy atom. The number of benzene rings is 2. The molecule has 7 heteroatoms. The van der Waals surface area contributed by atoms with Crippen molar-refractivity contribution in [1.82, 2.24) is 4.57 Å². The lowest BCUT2D eigenvalue weighted by atomic mass is 10.0. The van der Waals surface area contributed by atoms with Crippen LogP contribution in [0.1, 0.15) is 36.1 Å². The van der Waals surface area contributed by atoms with Crippen molar-refractivity contribution in [3.63, 3.8) is 0 Å². The average molecular weight is 472 g/mol. The number of carbonyl (C=O) groups excluding carboxylic acids is 1. The first kappa shape index (κ1) is 23.3. The summed E-state index contributed by atoms with van der Waals surface area (Å²) >= 11 is 1.30. The van der Waals surface area contributed by atoms with Crippen molar-refractivity contribution in [2.75, 3.05) is 12.4 Å². The van der Waals surface area contributed by atoms with Crippen molar-refractivity contribution < 1.29 is 9.53 Å². The van der Waals surface area contributed by atoms with Gasteiger partial charge in [-0.1, -0.05) is 37.3 Å². The molecule has 0 spiro atoms. The first-order chi connectivity index (χ1) is 16.4. The van der Waals surface area contributed by atoms with Gasteiger partial charge in [-0.25, -0.2) is 0 Å². The minimum atomic E-state index is -0.713. The summed E-state index contributed by atoms with van der Waals surface area (Å²) in [6.07, 6.45) is 0.427. The molecular formula is C27H25N3O3S. The molecule has 2 aromatic heterocycles. The number of aryl methyl sites for hydroxylation is 2. The Hall–Kier alpha value is -3.89. The third-order valence-corrected chi connectivity index (χ3v) is 6.92. The molecule has 0 saturated carbocycles. The first-order valence-corrected chi connectivity index (χ1v) is 11.9. The maximum Gasteiger partial charge on any atom is 0.252 e. The van der Waals surface area contributed by atoms with Crippen LogP contribution in [0, 0.1) is 25.2 Å². The number of ether oxygens (including phenoxy) is 1. The number of hydrogen-bond donors (Lipinski definition) is 1. The largest absolute Gasteiger partial charge is 0.497 e. The maximum absolute atomic E-state index is 13.4. The number of nitrogens with one attached hydrogen (secondary N) is 1. The number of rotatable bonds is 6. The molecule has 0 saturated heterocycles. The van der Waals surface area contributed by atoms with Gasteiger partial charge >= 0.3 is 0 Å². The summed E-state index contributed by atoms with van der Waals surface area (Å²) in [6, 6.07) is 16.4. The van der Waals surface area contributed by atoms with Crippen LogP contribution in [-0.2, 0) is 4.79 Å². The number of amides is 1. The van der Waals surface area contributed by atoms with Crippen LogP contribution in [0.2, 0.25) is 0 Å². The van der Waals surface area contributed by atoms with Crippen molar-refractivity contribution in [2.45, 2.75) is 33.2 Å². The second kappa shape index (κ2) is 9.54. The molecule has 0 aliphatic carbocycles. The number of para-hydroxylation sites is 1. The van der Waals surface area contributed by atoms with Crippen LogP contribution in [0.15, 0.2) is 58.7 Å². The third-order valence-electron chi connectivity index (χ3n) is 6.02. The van der Waals surface area contributed by atoms with E-state index in [1.54, 1.807) is 17.7 Å². The zero-order valence-corrected chi connectivity index (χ0v) is 20.3. The van der Waals surface area contributed by atoms with Gasteiger partial charge in [0.05, 0.1) is 18.2 Å². The van der Waals surface area contributed by atoms with Gasteiger partial charge in [-0.15, -0.1) is 11.3 Å². The van der Waals surface area contributed by atoms with Crippen LogP contribution in [0.3, 0.4) is 0 Å². The third kappa shape index (κ3) is 4.09. The molecular weight excluding hydrogens is 446 g/mol. The lowest BCUT2D eigenvalue weighted by Gasteiger charge is -2.22. The van der Waals surface area contributed by atoms with Gasteiger partial charge in [0.15, 0.2) is 0 Å². The minimum Gasteiger partial charge on any atom is -0.497 e. The molecule has 1 N–H and O–H groups in total. The highest BCUT2D eigenvalue weighted by Crippen LogP contribution is 2.36. The monoisotopic (exact) mass is 471 g/mol. The lowest BCUT2D eigenvalue weighted by molar-refractivity contribution is -0.119. The molecule has 4 rings (SSSR count). The summed E-state index contributed by atoms with van der Waals surface area (Å²) < 4.78 is 6.79. The summed E-state index contributed by atoms with van der Waals surface area (Å²) in [5.41, 5.74) is 4.36. The van der Waals surface area contributed by atoms with Crippen LogP contribution in [0.4, 0.5) is 5.00 Å². The van der Waals surface area contributed by atoms with Crippen molar-refractivity contribution >= 4 is 33.1 Å². The Morgan fingerprint density at radius 1 is 1.18 bits per heavy atom. The van der Waals surface area contributed by atoms with E-state index in [9.17, 15) is 14.9 Å². The van der Waals surface area contributed by atoms with E-state index in [4.69, 9.17) is 4.74 Å². The summed E-state index contributed by atoms with van der Waals surface area (Å²) in [5.74, 6) is 0.403. The van der Waals surface area contributed by atoms with E-state index in [0.717, 1.165) is 38.9 Å². The van der Waals surface area contributed by atoms with E-state index in [1.165, 1.54) is 11.3 Å². The van der Waals surface area contributed by atoms with E-state index >= 15 is 0 Å². The summed E-state index contributed by atoms with van der Waals surface area (Å²) in [7, 11) is 1.60. The summed E-state index contributed by atoms with van der Waals surface area (Å²) in [4.78, 5) is 26.5. The summed E-state index contributed by atoms with van der Waals surface area (Å²) in [5, 5.41) is 16.0. The molecule has 0 bridgehead atoms. The van der Waals surface area contributed by atoms with Crippen LogP contribution < -0.4 is 15.6 Å². The fourth-order valence-electron chi connectivity index (χ4n) is 4.27. The Kier molecular flexibility index (Phi) is 6.53. The minimum absolute atomic E-state index is 0.216. The van der Waals surface area contributed by atoms with Crippen LogP contribution in [-0.4, -0.2) is 17.6 Å². The van der Waals surface area contributed by atoms with Gasteiger partial charge in [0, 0.05) is 22.4 Å². The van der Waals surface area contributed by atoms with Gasteiger partial charge in [0.1, 0.15) is 22.9 Å². The molecule has 1 amide bonds. The molecule has 2 aromatic carbocycles. The predicted octanol–water partition coefficient (Wildman–Crippen LogP) is 5.82. The number of thiophene rings is 1. The molecule has 2 heterocycles. The Morgan fingerprint density at radius 3 is 2.56 bits per heavy atom. The molecule has 34 heavy (non-hydrogen) atoms. The number of aromatic nitrogens is 1. The predicted molar refractivity (Wildman–Crippen MR) is 137 cm³/mol.